The van der Waals surface area contributed by atoms with Gasteiger partial charge < -0.3 is 4.90 Å². The van der Waals surface area contributed by atoms with Crippen molar-refractivity contribution in [1.82, 2.24) is 4.90 Å². The molecule has 0 aliphatic carbocycles. The number of nitriles is 1. The molecule has 0 N–H and O–H groups in total. The van der Waals surface area contributed by atoms with Crippen molar-refractivity contribution in [3.05, 3.63) is 0 Å². The molecule has 0 radical (unpaired) electrons. The third-order valence-electron chi connectivity index (χ3n) is 1.40. The average molecular weight is 171 g/mol. The molecule has 0 aliphatic rings. The van der Waals surface area contributed by atoms with Gasteiger partial charge in [-0.05, 0) is 20.1 Å². The summed E-state index contributed by atoms with van der Waals surface area (Å²) in [5, 5.41) is 9.09. The second-order valence-corrected chi connectivity index (χ2v) is 3.18. The highest BCUT2D eigenvalue weighted by Gasteiger charge is 2.07. The molecule has 0 atom stereocenters. The Morgan fingerprint density at radius 2 is 2.18 bits per heavy atom. The third-order valence-corrected chi connectivity index (χ3v) is 2.15. The van der Waals surface area contributed by atoms with Gasteiger partial charge in [0, 0.05) is 13.1 Å². The Bertz CT molecular complexity index is 181. The van der Waals surface area contributed by atoms with Crippen LogP contribution in [0.2, 0.25) is 0 Å². The van der Waals surface area contributed by atoms with E-state index in [1.807, 2.05) is 18.2 Å². The smallest absolute Gasteiger partial charge is 0.208 e. The summed E-state index contributed by atoms with van der Waals surface area (Å²) in [6.45, 7) is 4.12. The third kappa shape index (κ3) is 3.28. The van der Waals surface area contributed by atoms with Gasteiger partial charge in [0.2, 0.25) is 6.19 Å². The minimum absolute atomic E-state index is 0.384. The highest BCUT2D eigenvalue weighted by molar-refractivity contribution is 8.13. The predicted molar refractivity (Wildman–Crippen MR) is 49.5 cm³/mol. The molecule has 0 aromatic rings. The van der Waals surface area contributed by atoms with Crippen molar-refractivity contribution in [1.29, 1.82) is 5.26 Å². The molecule has 0 saturated carbocycles. The van der Waals surface area contributed by atoms with Crippen molar-refractivity contribution in [2.75, 3.05) is 13.3 Å². The first-order chi connectivity index (χ1) is 5.13. The van der Waals surface area contributed by atoms with Crippen LogP contribution in [0.5, 0.6) is 0 Å². The van der Waals surface area contributed by atoms with Crippen molar-refractivity contribution < 1.29 is 0 Å². The van der Waals surface area contributed by atoms with Crippen LogP contribution in [0.15, 0.2) is 4.99 Å². The fraction of sp³-hybridized carbons (Fsp3) is 0.714. The van der Waals surface area contributed by atoms with Gasteiger partial charge in [-0.15, -0.1) is 4.99 Å². The molecular formula is C7H13N3S. The quantitative estimate of drug-likeness (QED) is 0.341. The number of amidine groups is 1. The van der Waals surface area contributed by atoms with Crippen molar-refractivity contribution >= 4 is 16.9 Å². The molecule has 3 nitrogen and oxygen atoms in total. The van der Waals surface area contributed by atoms with Crippen LogP contribution in [-0.4, -0.2) is 29.4 Å². The monoisotopic (exact) mass is 171 g/mol. The van der Waals surface area contributed by atoms with Crippen LogP contribution in [0.25, 0.3) is 0 Å². The number of hydrogen-bond acceptors (Lipinski definition) is 3. The number of nitrogens with zero attached hydrogens (tertiary/aromatic N) is 3. The van der Waals surface area contributed by atoms with Gasteiger partial charge in [0.25, 0.3) is 0 Å². The highest BCUT2D eigenvalue weighted by Crippen LogP contribution is 2.06. The van der Waals surface area contributed by atoms with Gasteiger partial charge in [-0.2, -0.15) is 5.26 Å². The molecule has 0 amide bonds. The minimum Gasteiger partial charge on any atom is -0.351 e. The Kier molecular flexibility index (Phi) is 4.71. The summed E-state index contributed by atoms with van der Waals surface area (Å²) in [6.07, 6.45) is 3.69. The number of thioether (sulfide) groups is 1. The molecule has 0 bridgehead atoms. The van der Waals surface area contributed by atoms with E-state index < -0.39 is 0 Å². The molecule has 0 rings (SSSR count). The van der Waals surface area contributed by atoms with Crippen LogP contribution >= 0.6 is 11.8 Å². The van der Waals surface area contributed by atoms with Gasteiger partial charge in [0.15, 0.2) is 5.17 Å². The summed E-state index contributed by atoms with van der Waals surface area (Å²) in [5.41, 5.74) is 0. The highest BCUT2D eigenvalue weighted by atomic mass is 32.2. The molecule has 4 heteroatoms. The van der Waals surface area contributed by atoms with Crippen LogP contribution in [0.1, 0.15) is 13.8 Å². The zero-order chi connectivity index (χ0) is 8.85. The zero-order valence-corrected chi connectivity index (χ0v) is 8.14. The normalized spacial score (nSPS) is 11.5. The Labute approximate surface area is 72.1 Å². The molecule has 62 valence electrons. The van der Waals surface area contributed by atoms with Crippen molar-refractivity contribution in [2.24, 2.45) is 4.99 Å². The van der Waals surface area contributed by atoms with Crippen LogP contribution < -0.4 is 0 Å². The Morgan fingerprint density at radius 1 is 1.64 bits per heavy atom. The van der Waals surface area contributed by atoms with E-state index in [0.717, 1.165) is 5.17 Å². The summed E-state index contributed by atoms with van der Waals surface area (Å²) < 4.78 is 0. The molecule has 0 heterocycles. The Balaban J connectivity index is 4.29. The number of aliphatic imine (C=N–C) groups is 1. The van der Waals surface area contributed by atoms with Crippen molar-refractivity contribution in [3.8, 4) is 6.19 Å². The van der Waals surface area contributed by atoms with E-state index in [4.69, 9.17) is 5.26 Å². The first kappa shape index (κ1) is 10.3. The van der Waals surface area contributed by atoms with Crippen molar-refractivity contribution in [3.63, 3.8) is 0 Å². The summed E-state index contributed by atoms with van der Waals surface area (Å²) in [6, 6.07) is 0.384. The fourth-order valence-electron chi connectivity index (χ4n) is 0.532. The molecular weight excluding hydrogens is 158 g/mol. The number of rotatable bonds is 1. The van der Waals surface area contributed by atoms with Gasteiger partial charge in [0.05, 0.1) is 0 Å². The lowest BCUT2D eigenvalue weighted by Crippen LogP contribution is -2.30. The van der Waals surface area contributed by atoms with Crippen molar-refractivity contribution in [2.45, 2.75) is 19.9 Å². The second-order valence-electron chi connectivity index (χ2n) is 2.40. The summed E-state index contributed by atoms with van der Waals surface area (Å²) in [7, 11) is 1.93. The molecule has 0 aromatic heterocycles. The molecule has 0 fully saturated rings. The predicted octanol–water partition coefficient (Wildman–Crippen LogP) is 1.53. The Hall–Kier alpha value is -0.690. The van der Waals surface area contributed by atoms with E-state index >= 15 is 0 Å². The zero-order valence-electron chi connectivity index (χ0n) is 7.33. The van der Waals surface area contributed by atoms with Gasteiger partial charge >= 0.3 is 0 Å². The SMILES string of the molecule is CSC(=NC#N)N(C)C(C)C. The maximum absolute atomic E-state index is 8.32. The molecule has 11 heavy (non-hydrogen) atoms. The lowest BCUT2D eigenvalue weighted by molar-refractivity contribution is 0.425. The lowest BCUT2D eigenvalue weighted by atomic mass is 10.4. The largest absolute Gasteiger partial charge is 0.351 e. The van der Waals surface area contributed by atoms with Gasteiger partial charge in [-0.1, -0.05) is 11.8 Å². The molecule has 0 unspecified atom stereocenters. The topological polar surface area (TPSA) is 39.4 Å². The maximum Gasteiger partial charge on any atom is 0.208 e. The first-order valence-corrected chi connectivity index (χ1v) is 4.59. The average Bonchev–Trinajstić information content (AvgIpc) is 1.98. The van der Waals surface area contributed by atoms with E-state index in [2.05, 4.69) is 18.8 Å². The van der Waals surface area contributed by atoms with Crippen LogP contribution in [0, 0.1) is 11.5 Å². The fourth-order valence-corrected chi connectivity index (χ4v) is 1.16. The van der Waals surface area contributed by atoms with E-state index in [-0.39, 0.29) is 0 Å². The summed E-state index contributed by atoms with van der Waals surface area (Å²) in [4.78, 5) is 5.64. The summed E-state index contributed by atoms with van der Waals surface area (Å²) in [5.74, 6) is 0. The standard InChI is InChI=1S/C7H13N3S/c1-6(2)10(3)7(11-4)9-5-8/h6H,1-4H3. The molecule has 0 aliphatic heterocycles. The van der Waals surface area contributed by atoms with Gasteiger partial charge in [0.1, 0.15) is 0 Å². The minimum atomic E-state index is 0.384. The number of hydrogen-bond donors (Lipinski definition) is 0. The molecule has 0 aromatic carbocycles. The van der Waals surface area contributed by atoms with E-state index in [9.17, 15) is 0 Å². The van der Waals surface area contributed by atoms with Crippen LogP contribution in [0.3, 0.4) is 0 Å². The second kappa shape index (κ2) is 5.03. The summed E-state index contributed by atoms with van der Waals surface area (Å²) >= 11 is 1.48. The maximum atomic E-state index is 8.32. The van der Waals surface area contributed by atoms with E-state index in [1.165, 1.54) is 11.8 Å². The lowest BCUT2D eigenvalue weighted by Gasteiger charge is -2.22. The molecule has 0 spiro atoms. The first-order valence-electron chi connectivity index (χ1n) is 3.37. The van der Waals surface area contributed by atoms with Crippen LogP contribution in [-0.2, 0) is 0 Å². The van der Waals surface area contributed by atoms with Crippen LogP contribution in [0.4, 0.5) is 0 Å². The van der Waals surface area contributed by atoms with Gasteiger partial charge in [-0.3, -0.25) is 0 Å². The van der Waals surface area contributed by atoms with Gasteiger partial charge in [-0.25, -0.2) is 0 Å². The molecule has 0 saturated heterocycles. The van der Waals surface area contributed by atoms with E-state index in [0.29, 0.717) is 6.04 Å². The Morgan fingerprint density at radius 3 is 2.45 bits per heavy atom. The van der Waals surface area contributed by atoms with E-state index in [1.54, 1.807) is 6.19 Å².